The normalized spacial score (nSPS) is 19.4. The average molecular weight is 355 g/mol. The lowest BCUT2D eigenvalue weighted by atomic mass is 9.92. The molecule has 0 fully saturated rings. The molecule has 1 aliphatic rings. The molecule has 0 radical (unpaired) electrons. The van der Waals surface area contributed by atoms with Crippen LogP contribution in [0, 0.1) is 17.2 Å². The molecule has 0 aliphatic carbocycles. The van der Waals surface area contributed by atoms with Gasteiger partial charge in [0.1, 0.15) is 11.8 Å². The molecule has 1 heterocycles. The van der Waals surface area contributed by atoms with Gasteiger partial charge in [-0.1, -0.05) is 29.8 Å². The Bertz CT molecular complexity index is 858. The molecule has 0 saturated carbocycles. The fourth-order valence-corrected chi connectivity index (χ4v) is 2.73. The largest absolute Gasteiger partial charge is 0.496 e. The van der Waals surface area contributed by atoms with E-state index in [-0.39, 0.29) is 5.96 Å². The van der Waals surface area contributed by atoms with Gasteiger partial charge in [-0.3, -0.25) is 10.1 Å². The van der Waals surface area contributed by atoms with Crippen LogP contribution in [0.2, 0.25) is 5.02 Å². The monoisotopic (exact) mass is 354 g/mol. The summed E-state index contributed by atoms with van der Waals surface area (Å²) < 4.78 is 5.35. The fourth-order valence-electron chi connectivity index (χ4n) is 2.61. The number of nitrogens with zero attached hydrogens (tertiary/aromatic N) is 2. The molecule has 2 unspecified atom stereocenters. The minimum absolute atomic E-state index is 0.273. The van der Waals surface area contributed by atoms with Gasteiger partial charge in [0, 0.05) is 16.3 Å². The van der Waals surface area contributed by atoms with Gasteiger partial charge >= 0.3 is 0 Å². The van der Waals surface area contributed by atoms with E-state index < -0.39 is 17.9 Å². The van der Waals surface area contributed by atoms with Crippen molar-refractivity contribution in [3.8, 4) is 11.8 Å². The van der Waals surface area contributed by atoms with Gasteiger partial charge in [0.25, 0.3) is 0 Å². The van der Waals surface area contributed by atoms with E-state index in [1.165, 1.54) is 0 Å². The lowest BCUT2D eigenvalue weighted by molar-refractivity contribution is -0.122. The van der Waals surface area contributed by atoms with Gasteiger partial charge in [-0.2, -0.15) is 5.26 Å². The van der Waals surface area contributed by atoms with E-state index in [2.05, 4.69) is 15.6 Å². The Hall–Kier alpha value is -3.04. The predicted molar refractivity (Wildman–Crippen MR) is 95.5 cm³/mol. The van der Waals surface area contributed by atoms with Gasteiger partial charge in [0.05, 0.1) is 13.2 Å². The number of guanidine groups is 1. The van der Waals surface area contributed by atoms with Gasteiger partial charge < -0.3 is 10.1 Å². The first-order valence-corrected chi connectivity index (χ1v) is 7.94. The van der Waals surface area contributed by atoms with Crippen LogP contribution in [-0.2, 0) is 4.79 Å². The van der Waals surface area contributed by atoms with E-state index >= 15 is 0 Å². The number of halogens is 1. The standard InChI is InChI=1S/C18H15ClN4O2/c1-25-15-5-3-2-4-13(15)16-14(10-20)17(24)23-18(22-16)21-12-8-6-11(19)7-9-12/h2-9,14,16H,1H3,(H2,21,22,23,24). The number of para-hydroxylation sites is 1. The van der Waals surface area contributed by atoms with Crippen molar-refractivity contribution in [2.75, 3.05) is 12.4 Å². The Morgan fingerprint density at radius 2 is 1.96 bits per heavy atom. The number of nitrogens with one attached hydrogen (secondary N) is 2. The van der Waals surface area contributed by atoms with Gasteiger partial charge in [-0.15, -0.1) is 0 Å². The molecule has 7 heteroatoms. The van der Waals surface area contributed by atoms with Crippen molar-refractivity contribution in [2.45, 2.75) is 6.04 Å². The van der Waals surface area contributed by atoms with Crippen LogP contribution in [0.3, 0.4) is 0 Å². The minimum Gasteiger partial charge on any atom is -0.496 e. The highest BCUT2D eigenvalue weighted by Crippen LogP contribution is 2.34. The summed E-state index contributed by atoms with van der Waals surface area (Å²) in [5.41, 5.74) is 1.40. The van der Waals surface area contributed by atoms with E-state index in [9.17, 15) is 10.1 Å². The summed E-state index contributed by atoms with van der Waals surface area (Å²) in [6.45, 7) is 0. The van der Waals surface area contributed by atoms with E-state index in [0.717, 1.165) is 5.69 Å². The summed E-state index contributed by atoms with van der Waals surface area (Å²) in [6, 6.07) is 15.6. The molecule has 25 heavy (non-hydrogen) atoms. The van der Waals surface area contributed by atoms with Crippen molar-refractivity contribution in [3.63, 3.8) is 0 Å². The van der Waals surface area contributed by atoms with Crippen molar-refractivity contribution in [1.29, 1.82) is 5.26 Å². The van der Waals surface area contributed by atoms with Crippen LogP contribution >= 0.6 is 11.6 Å². The van der Waals surface area contributed by atoms with Crippen molar-refractivity contribution < 1.29 is 9.53 Å². The molecule has 1 aliphatic heterocycles. The van der Waals surface area contributed by atoms with Gasteiger partial charge in [0.15, 0.2) is 5.92 Å². The number of ether oxygens (including phenoxy) is 1. The second kappa shape index (κ2) is 7.24. The van der Waals surface area contributed by atoms with Gasteiger partial charge in [-0.25, -0.2) is 4.99 Å². The number of hydrogen-bond acceptors (Lipinski definition) is 5. The molecule has 2 aromatic rings. The number of carbonyl (C=O) groups is 1. The fraction of sp³-hybridized carbons (Fsp3) is 0.167. The highest BCUT2D eigenvalue weighted by atomic mass is 35.5. The molecule has 0 spiro atoms. The minimum atomic E-state index is -0.938. The molecule has 6 nitrogen and oxygen atoms in total. The zero-order chi connectivity index (χ0) is 17.8. The topological polar surface area (TPSA) is 86.5 Å². The van der Waals surface area contributed by atoms with Crippen molar-refractivity contribution in [1.82, 2.24) is 5.32 Å². The van der Waals surface area contributed by atoms with E-state index in [1.807, 2.05) is 18.2 Å². The second-order valence-corrected chi connectivity index (χ2v) is 5.83. The first kappa shape index (κ1) is 16.8. The summed E-state index contributed by atoms with van der Waals surface area (Å²) in [6.07, 6.45) is 0. The molecule has 1 amide bonds. The van der Waals surface area contributed by atoms with Crippen LogP contribution in [0.25, 0.3) is 0 Å². The molecular weight excluding hydrogens is 340 g/mol. The number of methoxy groups -OCH3 is 1. The predicted octanol–water partition coefficient (Wildman–Crippen LogP) is 3.13. The van der Waals surface area contributed by atoms with E-state index in [1.54, 1.807) is 43.5 Å². The Morgan fingerprint density at radius 3 is 2.64 bits per heavy atom. The molecule has 0 aromatic heterocycles. The summed E-state index contributed by atoms with van der Waals surface area (Å²) in [4.78, 5) is 16.9. The van der Waals surface area contributed by atoms with Crippen LogP contribution in [0.5, 0.6) is 5.75 Å². The number of aliphatic imine (C=N–C) groups is 1. The van der Waals surface area contributed by atoms with Crippen LogP contribution in [0.4, 0.5) is 5.69 Å². The number of carbonyl (C=O) groups excluding carboxylic acids is 1. The number of amides is 1. The Balaban J connectivity index is 1.97. The third-order valence-electron chi connectivity index (χ3n) is 3.81. The molecule has 2 atom stereocenters. The van der Waals surface area contributed by atoms with E-state index in [4.69, 9.17) is 16.3 Å². The van der Waals surface area contributed by atoms with Crippen LogP contribution < -0.4 is 15.4 Å². The maximum absolute atomic E-state index is 12.3. The summed E-state index contributed by atoms with van der Waals surface area (Å²) in [5, 5.41) is 15.7. The zero-order valence-corrected chi connectivity index (χ0v) is 14.1. The molecule has 3 rings (SSSR count). The third kappa shape index (κ3) is 3.57. The Morgan fingerprint density at radius 1 is 1.24 bits per heavy atom. The number of benzene rings is 2. The number of nitriles is 1. The maximum atomic E-state index is 12.3. The summed E-state index contributed by atoms with van der Waals surface area (Å²) >= 11 is 5.87. The maximum Gasteiger partial charge on any atom is 0.246 e. The quantitative estimate of drug-likeness (QED) is 0.886. The third-order valence-corrected chi connectivity index (χ3v) is 4.06. The molecular formula is C18H15ClN4O2. The van der Waals surface area contributed by atoms with Crippen molar-refractivity contribution in [3.05, 3.63) is 59.1 Å². The zero-order valence-electron chi connectivity index (χ0n) is 13.4. The molecule has 0 saturated heterocycles. The van der Waals surface area contributed by atoms with Crippen LogP contribution in [0.15, 0.2) is 53.5 Å². The highest BCUT2D eigenvalue weighted by molar-refractivity contribution is 6.30. The smallest absolute Gasteiger partial charge is 0.246 e. The molecule has 0 bridgehead atoms. The lowest BCUT2D eigenvalue weighted by Crippen LogP contribution is -2.45. The first-order chi connectivity index (χ1) is 12.1. The SMILES string of the molecule is COc1ccccc1C1N=C(Nc2ccc(Cl)cc2)NC(=O)C1C#N. The highest BCUT2D eigenvalue weighted by Gasteiger charge is 2.36. The molecule has 2 aromatic carbocycles. The number of rotatable bonds is 3. The summed E-state index contributed by atoms with van der Waals surface area (Å²) in [7, 11) is 1.54. The molecule has 2 N–H and O–H groups in total. The average Bonchev–Trinajstić information content (AvgIpc) is 2.63. The lowest BCUT2D eigenvalue weighted by Gasteiger charge is -2.26. The van der Waals surface area contributed by atoms with Gasteiger partial charge in [0.2, 0.25) is 11.9 Å². The van der Waals surface area contributed by atoms with Crippen LogP contribution in [-0.4, -0.2) is 19.0 Å². The van der Waals surface area contributed by atoms with Crippen molar-refractivity contribution >= 4 is 29.2 Å². The first-order valence-electron chi connectivity index (χ1n) is 7.56. The van der Waals surface area contributed by atoms with E-state index in [0.29, 0.717) is 16.3 Å². The Kier molecular flexibility index (Phi) is 4.87. The van der Waals surface area contributed by atoms with Gasteiger partial charge in [-0.05, 0) is 30.3 Å². The Labute approximate surface area is 150 Å². The van der Waals surface area contributed by atoms with Crippen LogP contribution in [0.1, 0.15) is 11.6 Å². The molecule has 126 valence electrons. The summed E-state index contributed by atoms with van der Waals surface area (Å²) in [5.74, 6) is -0.497. The van der Waals surface area contributed by atoms with Crippen molar-refractivity contribution in [2.24, 2.45) is 10.9 Å². The number of anilines is 1. The number of hydrogen-bond donors (Lipinski definition) is 2. The second-order valence-electron chi connectivity index (χ2n) is 5.39.